The number of nitrogens with zero attached hydrogens (tertiary/aromatic N) is 1. The van der Waals surface area contributed by atoms with Gasteiger partial charge in [0, 0.05) is 29.0 Å². The minimum Gasteiger partial charge on any atom is -0.351 e. The van der Waals surface area contributed by atoms with Crippen molar-refractivity contribution in [3.63, 3.8) is 0 Å². The van der Waals surface area contributed by atoms with Crippen molar-refractivity contribution in [2.75, 3.05) is 11.9 Å². The fourth-order valence-corrected chi connectivity index (χ4v) is 3.83. The molecule has 1 aromatic carbocycles. The van der Waals surface area contributed by atoms with Gasteiger partial charge in [0.05, 0.1) is 5.52 Å². The van der Waals surface area contributed by atoms with Crippen LogP contribution in [0.5, 0.6) is 0 Å². The number of rotatable bonds is 4. The third-order valence-electron chi connectivity index (χ3n) is 4.44. The van der Waals surface area contributed by atoms with E-state index in [4.69, 9.17) is 0 Å². The molecule has 3 nitrogen and oxygen atoms in total. The lowest BCUT2D eigenvalue weighted by Gasteiger charge is -2.26. The molecular formula is C17H19BrN2O. The SMILES string of the molecule is O=C(NCC1(CBr)CCCC1)c1ccc2ncccc2c1. The predicted octanol–water partition coefficient (Wildman–Crippen LogP) is 3.92. The molecule has 0 aliphatic heterocycles. The first-order chi connectivity index (χ1) is 10.2. The first kappa shape index (κ1) is 14.5. The molecule has 1 fully saturated rings. The topological polar surface area (TPSA) is 42.0 Å². The number of alkyl halides is 1. The lowest BCUT2D eigenvalue weighted by atomic mass is 9.89. The molecule has 2 aromatic rings. The summed E-state index contributed by atoms with van der Waals surface area (Å²) in [5.74, 6) is 0.00739. The maximum Gasteiger partial charge on any atom is 0.251 e. The number of hydrogen-bond acceptors (Lipinski definition) is 2. The minimum absolute atomic E-state index is 0.00739. The maximum absolute atomic E-state index is 12.4. The molecule has 1 N–H and O–H groups in total. The Morgan fingerprint density at radius 1 is 1.29 bits per heavy atom. The molecule has 0 atom stereocenters. The zero-order valence-corrected chi connectivity index (χ0v) is 13.5. The van der Waals surface area contributed by atoms with Gasteiger partial charge in [-0.2, -0.15) is 0 Å². The van der Waals surface area contributed by atoms with Crippen molar-refractivity contribution in [1.82, 2.24) is 10.3 Å². The van der Waals surface area contributed by atoms with E-state index >= 15 is 0 Å². The number of pyridine rings is 1. The van der Waals surface area contributed by atoms with E-state index in [0.29, 0.717) is 5.56 Å². The molecule has 0 saturated heterocycles. The molecule has 0 radical (unpaired) electrons. The van der Waals surface area contributed by atoms with E-state index in [1.54, 1.807) is 6.20 Å². The molecule has 1 heterocycles. The van der Waals surface area contributed by atoms with Gasteiger partial charge in [-0.15, -0.1) is 0 Å². The molecule has 1 aromatic heterocycles. The lowest BCUT2D eigenvalue weighted by molar-refractivity contribution is 0.0935. The Labute approximate surface area is 133 Å². The van der Waals surface area contributed by atoms with Crippen LogP contribution in [0, 0.1) is 5.41 Å². The molecule has 1 aliphatic rings. The van der Waals surface area contributed by atoms with E-state index in [2.05, 4.69) is 26.2 Å². The first-order valence-electron chi connectivity index (χ1n) is 7.41. The van der Waals surface area contributed by atoms with Crippen molar-refractivity contribution >= 4 is 32.7 Å². The van der Waals surface area contributed by atoms with Gasteiger partial charge in [0.25, 0.3) is 5.91 Å². The van der Waals surface area contributed by atoms with E-state index in [9.17, 15) is 4.79 Å². The minimum atomic E-state index is 0.00739. The quantitative estimate of drug-likeness (QED) is 0.852. The van der Waals surface area contributed by atoms with Crippen LogP contribution in [-0.2, 0) is 0 Å². The first-order valence-corrected chi connectivity index (χ1v) is 8.54. The molecule has 4 heteroatoms. The van der Waals surface area contributed by atoms with Gasteiger partial charge in [0.1, 0.15) is 0 Å². The van der Waals surface area contributed by atoms with Crippen LogP contribution in [0.15, 0.2) is 36.5 Å². The molecular weight excluding hydrogens is 328 g/mol. The number of hydrogen-bond donors (Lipinski definition) is 1. The average Bonchev–Trinajstić information content (AvgIpc) is 3.01. The second-order valence-corrected chi connectivity index (χ2v) is 6.50. The van der Waals surface area contributed by atoms with Gasteiger partial charge in [-0.1, -0.05) is 34.8 Å². The Morgan fingerprint density at radius 2 is 2.10 bits per heavy atom. The molecule has 1 aliphatic carbocycles. The maximum atomic E-state index is 12.4. The Kier molecular flexibility index (Phi) is 4.24. The summed E-state index contributed by atoms with van der Waals surface area (Å²) in [6, 6.07) is 9.53. The molecule has 1 saturated carbocycles. The number of amides is 1. The fourth-order valence-electron chi connectivity index (χ4n) is 3.07. The summed E-state index contributed by atoms with van der Waals surface area (Å²) < 4.78 is 0. The zero-order chi connectivity index (χ0) is 14.7. The molecule has 0 bridgehead atoms. The van der Waals surface area contributed by atoms with Gasteiger partial charge in [0.2, 0.25) is 0 Å². The molecule has 3 rings (SSSR count). The summed E-state index contributed by atoms with van der Waals surface area (Å²) in [5, 5.41) is 5.07. The zero-order valence-electron chi connectivity index (χ0n) is 11.9. The average molecular weight is 347 g/mol. The van der Waals surface area contributed by atoms with Crippen molar-refractivity contribution in [3.8, 4) is 0 Å². The van der Waals surface area contributed by atoms with Crippen LogP contribution in [0.3, 0.4) is 0 Å². The highest BCUT2D eigenvalue weighted by Gasteiger charge is 2.33. The predicted molar refractivity (Wildman–Crippen MR) is 88.8 cm³/mol. The van der Waals surface area contributed by atoms with E-state index in [0.717, 1.165) is 22.8 Å². The summed E-state index contributed by atoms with van der Waals surface area (Å²) in [5.41, 5.74) is 1.87. The highest BCUT2D eigenvalue weighted by atomic mass is 79.9. The number of halogens is 1. The summed E-state index contributed by atoms with van der Waals surface area (Å²) in [6.45, 7) is 0.752. The molecule has 21 heavy (non-hydrogen) atoms. The molecule has 1 amide bonds. The molecule has 110 valence electrons. The number of fused-ring (bicyclic) bond motifs is 1. The molecule has 0 unspecified atom stereocenters. The van der Waals surface area contributed by atoms with Crippen molar-refractivity contribution in [2.24, 2.45) is 5.41 Å². The van der Waals surface area contributed by atoms with E-state index in [-0.39, 0.29) is 11.3 Å². The fraction of sp³-hybridized carbons (Fsp3) is 0.412. The Hall–Kier alpha value is -1.42. The molecule has 0 spiro atoms. The van der Waals surface area contributed by atoms with Gasteiger partial charge in [-0.3, -0.25) is 9.78 Å². The number of carbonyl (C=O) groups excluding carboxylic acids is 1. The van der Waals surface area contributed by atoms with E-state index < -0.39 is 0 Å². The highest BCUT2D eigenvalue weighted by molar-refractivity contribution is 9.09. The summed E-state index contributed by atoms with van der Waals surface area (Å²) >= 11 is 3.61. The Bertz CT molecular complexity index is 650. The number of aromatic nitrogens is 1. The second kappa shape index (κ2) is 6.14. The van der Waals surface area contributed by atoms with Crippen molar-refractivity contribution in [1.29, 1.82) is 0 Å². The summed E-state index contributed by atoms with van der Waals surface area (Å²) in [6.07, 6.45) is 6.69. The highest BCUT2D eigenvalue weighted by Crippen LogP contribution is 2.39. The standard InChI is InChI=1S/C17H19BrN2O/c18-11-17(7-1-2-8-17)12-20-16(21)14-5-6-15-13(10-14)4-3-9-19-15/h3-6,9-10H,1-2,7-8,11-12H2,(H,20,21). The number of benzene rings is 1. The van der Waals surface area contributed by atoms with Gasteiger partial charge >= 0.3 is 0 Å². The van der Waals surface area contributed by atoms with Gasteiger partial charge in [-0.25, -0.2) is 0 Å². The second-order valence-electron chi connectivity index (χ2n) is 5.93. The summed E-state index contributed by atoms with van der Waals surface area (Å²) in [4.78, 5) is 16.6. The van der Waals surface area contributed by atoms with Crippen LogP contribution in [0.4, 0.5) is 0 Å². The van der Waals surface area contributed by atoms with Gasteiger partial charge in [0.15, 0.2) is 0 Å². The van der Waals surface area contributed by atoms with Crippen molar-refractivity contribution in [2.45, 2.75) is 25.7 Å². The van der Waals surface area contributed by atoms with Gasteiger partial charge < -0.3 is 5.32 Å². The van der Waals surface area contributed by atoms with Crippen molar-refractivity contribution in [3.05, 3.63) is 42.1 Å². The van der Waals surface area contributed by atoms with Crippen LogP contribution < -0.4 is 5.32 Å². The normalized spacial score (nSPS) is 17.0. The van der Waals surface area contributed by atoms with E-state index in [1.165, 1.54) is 25.7 Å². The number of nitrogens with one attached hydrogen (secondary N) is 1. The monoisotopic (exact) mass is 346 g/mol. The van der Waals surface area contributed by atoms with Gasteiger partial charge in [-0.05, 0) is 42.5 Å². The van der Waals surface area contributed by atoms with E-state index in [1.807, 2.05) is 30.3 Å². The summed E-state index contributed by atoms with van der Waals surface area (Å²) in [7, 11) is 0. The largest absolute Gasteiger partial charge is 0.351 e. The van der Waals surface area contributed by atoms with Crippen molar-refractivity contribution < 1.29 is 4.79 Å². The lowest BCUT2D eigenvalue weighted by Crippen LogP contribution is -2.37. The van der Waals surface area contributed by atoms with Crippen LogP contribution in [0.1, 0.15) is 36.0 Å². The third kappa shape index (κ3) is 3.10. The smallest absolute Gasteiger partial charge is 0.251 e. The van der Waals surface area contributed by atoms with Crippen LogP contribution >= 0.6 is 15.9 Å². The number of carbonyl (C=O) groups is 1. The van der Waals surface area contributed by atoms with Crippen LogP contribution in [0.2, 0.25) is 0 Å². The third-order valence-corrected chi connectivity index (χ3v) is 5.63. The van der Waals surface area contributed by atoms with Crippen LogP contribution in [-0.4, -0.2) is 22.8 Å². The Morgan fingerprint density at radius 3 is 2.86 bits per heavy atom. The Balaban J connectivity index is 1.71. The van der Waals surface area contributed by atoms with Crippen LogP contribution in [0.25, 0.3) is 10.9 Å².